The SMILES string of the molecule is CF.Cl.Cl.Cl. The molecule has 0 unspecified atom stereocenters. The number of alkyl halides is 1. The molecule has 0 aromatic rings. The lowest BCUT2D eigenvalue weighted by molar-refractivity contribution is 0.636. The van der Waals surface area contributed by atoms with Crippen molar-refractivity contribution in [2.45, 2.75) is 0 Å². The Bertz CT molecular complexity index is 6.85. The Hall–Kier alpha value is 0.800. The summed E-state index contributed by atoms with van der Waals surface area (Å²) in [7, 11) is 0.500. The van der Waals surface area contributed by atoms with Gasteiger partial charge in [0, 0.05) is 0 Å². The second-order valence-electron chi connectivity index (χ2n) is 0. The van der Waals surface area contributed by atoms with Gasteiger partial charge in [-0.15, -0.1) is 37.2 Å². The van der Waals surface area contributed by atoms with Crippen molar-refractivity contribution in [3.05, 3.63) is 0 Å². The third kappa shape index (κ3) is 58.8. The van der Waals surface area contributed by atoms with Gasteiger partial charge in [0.2, 0.25) is 0 Å². The maximum Gasteiger partial charge on any atom is 0.0785 e. The topological polar surface area (TPSA) is 0 Å². The minimum atomic E-state index is 0. The normalized spacial score (nSPS) is 1.20. The first-order valence-electron chi connectivity index (χ1n) is 0.378. The van der Waals surface area contributed by atoms with Crippen molar-refractivity contribution in [1.29, 1.82) is 0 Å². The highest BCUT2D eigenvalue weighted by Gasteiger charge is 0.926. The summed E-state index contributed by atoms with van der Waals surface area (Å²) >= 11 is 0. The van der Waals surface area contributed by atoms with Gasteiger partial charge in [0.25, 0.3) is 0 Å². The van der Waals surface area contributed by atoms with Crippen LogP contribution in [0.3, 0.4) is 0 Å². The van der Waals surface area contributed by atoms with E-state index in [4.69, 9.17) is 0 Å². The van der Waals surface area contributed by atoms with Crippen LogP contribution in [-0.2, 0) is 0 Å². The number of rotatable bonds is 0. The maximum absolute atomic E-state index is 9.50. The maximum atomic E-state index is 9.50. The molecular formula is CH6Cl3F. The Kier molecular flexibility index (Phi) is 893. The molecule has 0 fully saturated rings. The van der Waals surface area contributed by atoms with Crippen LogP contribution in [0.1, 0.15) is 0 Å². The first-order chi connectivity index (χ1) is 1.00. The number of hydrogen-bond donors (Lipinski definition) is 0. The Labute approximate surface area is 49.4 Å². The average molecular weight is 143 g/mol. The van der Waals surface area contributed by atoms with E-state index in [0.717, 1.165) is 0 Å². The highest BCUT2D eigenvalue weighted by atomic mass is 35.5. The van der Waals surface area contributed by atoms with Gasteiger partial charge in [-0.05, 0) is 0 Å². The molecule has 0 bridgehead atoms. The van der Waals surface area contributed by atoms with E-state index >= 15 is 0 Å². The van der Waals surface area contributed by atoms with Gasteiger partial charge in [-0.25, -0.2) is 0 Å². The molecule has 5 heavy (non-hydrogen) atoms. The zero-order valence-electron chi connectivity index (χ0n) is 2.60. The predicted octanol–water partition coefficient (Wildman–Crippen LogP) is 1.85. The third-order valence-corrected chi connectivity index (χ3v) is 0. The van der Waals surface area contributed by atoms with Crippen molar-refractivity contribution in [3.8, 4) is 0 Å². The molecule has 0 atom stereocenters. The van der Waals surface area contributed by atoms with Crippen LogP contribution < -0.4 is 0 Å². The summed E-state index contributed by atoms with van der Waals surface area (Å²) in [6.07, 6.45) is 0. The van der Waals surface area contributed by atoms with E-state index < -0.39 is 0 Å². The summed E-state index contributed by atoms with van der Waals surface area (Å²) in [5, 5.41) is 0. The van der Waals surface area contributed by atoms with Gasteiger partial charge in [-0.1, -0.05) is 0 Å². The zero-order valence-corrected chi connectivity index (χ0v) is 5.05. The lowest BCUT2D eigenvalue weighted by atomic mass is 11.9. The molecule has 0 saturated carbocycles. The van der Waals surface area contributed by atoms with Gasteiger partial charge in [0.15, 0.2) is 0 Å². The van der Waals surface area contributed by atoms with E-state index in [1.165, 1.54) is 0 Å². The third-order valence-electron chi connectivity index (χ3n) is 0. The van der Waals surface area contributed by atoms with Gasteiger partial charge >= 0.3 is 0 Å². The first-order valence-corrected chi connectivity index (χ1v) is 0.378. The van der Waals surface area contributed by atoms with Gasteiger partial charge in [0.1, 0.15) is 0 Å². The van der Waals surface area contributed by atoms with Crippen molar-refractivity contribution in [2.24, 2.45) is 0 Å². The van der Waals surface area contributed by atoms with E-state index in [9.17, 15) is 4.39 Å². The predicted molar refractivity (Wildman–Crippen MR) is 28.8 cm³/mol. The summed E-state index contributed by atoms with van der Waals surface area (Å²) in [6.45, 7) is 0. The summed E-state index contributed by atoms with van der Waals surface area (Å²) in [6, 6.07) is 0. The van der Waals surface area contributed by atoms with E-state index in [1.807, 2.05) is 0 Å². The molecule has 0 radical (unpaired) electrons. The fourth-order valence-electron chi connectivity index (χ4n) is 0. The van der Waals surface area contributed by atoms with Crippen molar-refractivity contribution in [1.82, 2.24) is 0 Å². The lowest BCUT2D eigenvalue weighted by Gasteiger charge is -1.10. The van der Waals surface area contributed by atoms with E-state index in [0.29, 0.717) is 7.18 Å². The molecule has 0 aromatic carbocycles. The van der Waals surface area contributed by atoms with E-state index in [1.54, 1.807) is 0 Å². The zero-order chi connectivity index (χ0) is 2.00. The van der Waals surface area contributed by atoms with Crippen LogP contribution in [0.2, 0.25) is 0 Å². The van der Waals surface area contributed by atoms with Gasteiger partial charge in [-0.3, -0.25) is 4.39 Å². The van der Waals surface area contributed by atoms with Crippen LogP contribution >= 0.6 is 37.2 Å². The smallest absolute Gasteiger partial charge is 0.0785 e. The molecule has 0 heterocycles. The molecule has 4 heteroatoms. The summed E-state index contributed by atoms with van der Waals surface area (Å²) in [4.78, 5) is 0. The fraction of sp³-hybridized carbons (Fsp3) is 1.00. The van der Waals surface area contributed by atoms with Crippen molar-refractivity contribution in [2.75, 3.05) is 7.18 Å². The van der Waals surface area contributed by atoms with E-state index in [2.05, 4.69) is 0 Å². The molecule has 0 aliphatic carbocycles. The molecule has 0 spiro atoms. The van der Waals surface area contributed by atoms with Crippen LogP contribution in [0.5, 0.6) is 0 Å². The number of hydrogen-bond acceptors (Lipinski definition) is 0. The molecule has 0 nitrogen and oxygen atoms in total. The largest absolute Gasteiger partial charge is 0.255 e. The summed E-state index contributed by atoms with van der Waals surface area (Å²) in [5.74, 6) is 0. The first kappa shape index (κ1) is 41.2. The second kappa shape index (κ2) is 108. The Morgan fingerprint density at radius 3 is 0.800 bits per heavy atom. The van der Waals surface area contributed by atoms with Crippen molar-refractivity contribution >= 4 is 37.2 Å². The molecule has 0 aromatic heterocycles. The highest BCUT2D eigenvalue weighted by Crippen LogP contribution is 1.16. The average Bonchev–Trinajstić information content (AvgIpc) is 1.00. The lowest BCUT2D eigenvalue weighted by Crippen LogP contribution is -0.939. The molecule has 0 amide bonds. The van der Waals surface area contributed by atoms with Gasteiger partial charge < -0.3 is 0 Å². The van der Waals surface area contributed by atoms with Crippen LogP contribution in [0, 0.1) is 0 Å². The monoisotopic (exact) mass is 142 g/mol. The van der Waals surface area contributed by atoms with E-state index in [-0.39, 0.29) is 37.2 Å². The standard InChI is InChI=1S/CH3F.3ClH/c1-2;;;/h1H3;3*1H. The minimum Gasteiger partial charge on any atom is -0.255 e. The molecule has 0 rings (SSSR count). The van der Waals surface area contributed by atoms with Crippen molar-refractivity contribution < 1.29 is 4.39 Å². The molecular weight excluding hydrogens is 137 g/mol. The van der Waals surface area contributed by atoms with Crippen LogP contribution in [0.25, 0.3) is 0 Å². The summed E-state index contributed by atoms with van der Waals surface area (Å²) in [5.41, 5.74) is 0. The molecule has 0 aliphatic heterocycles. The molecule has 0 saturated heterocycles. The Balaban J connectivity index is -0.00000000167. The quantitative estimate of drug-likeness (QED) is 0.485. The van der Waals surface area contributed by atoms with Crippen LogP contribution in [0.15, 0.2) is 0 Å². The second-order valence-corrected chi connectivity index (χ2v) is 0. The highest BCUT2D eigenvalue weighted by molar-refractivity contribution is 5.86. The number of halogens is 4. The van der Waals surface area contributed by atoms with Gasteiger partial charge in [0.05, 0.1) is 7.18 Å². The Morgan fingerprint density at radius 2 is 0.800 bits per heavy atom. The summed E-state index contributed by atoms with van der Waals surface area (Å²) < 4.78 is 9.50. The van der Waals surface area contributed by atoms with Crippen LogP contribution in [-0.4, -0.2) is 7.18 Å². The van der Waals surface area contributed by atoms with Crippen molar-refractivity contribution in [3.63, 3.8) is 0 Å². The molecule has 0 N–H and O–H groups in total. The minimum absolute atomic E-state index is 0. The fourth-order valence-corrected chi connectivity index (χ4v) is 0. The van der Waals surface area contributed by atoms with Crippen LogP contribution in [0.4, 0.5) is 4.39 Å². The van der Waals surface area contributed by atoms with Gasteiger partial charge in [-0.2, -0.15) is 0 Å². The Morgan fingerprint density at radius 1 is 0.800 bits per heavy atom. The molecule has 0 aliphatic rings. The molecule has 38 valence electrons.